The SMILES string of the molecule is CO[Si](CCC[Si]1(C)O[SiH](C)O[Si](C)(CCCC(=O)CC2CO2)O[SiH](C)O1)(OC)OC. The van der Waals surface area contributed by atoms with Gasteiger partial charge >= 0.3 is 44.5 Å². The van der Waals surface area contributed by atoms with Gasteiger partial charge in [0.25, 0.3) is 0 Å². The van der Waals surface area contributed by atoms with Crippen LogP contribution in [0.1, 0.15) is 25.7 Å². The summed E-state index contributed by atoms with van der Waals surface area (Å²) in [6.45, 7) is 9.01. The summed E-state index contributed by atoms with van der Waals surface area (Å²) in [5.74, 6) is 0.261. The molecule has 0 aromatic heterocycles. The number of hydrogen-bond donors (Lipinski definition) is 0. The number of epoxide rings is 1. The Hall–Kier alpha value is 0.434. The lowest BCUT2D eigenvalue weighted by Gasteiger charge is -2.41. The molecule has 0 amide bonds. The quantitative estimate of drug-likeness (QED) is 0.264. The maximum absolute atomic E-state index is 12.0. The van der Waals surface area contributed by atoms with Gasteiger partial charge in [0.05, 0.1) is 12.7 Å². The number of hydrogen-bond acceptors (Lipinski definition) is 9. The normalized spacial score (nSPS) is 34.2. The molecule has 14 heteroatoms. The lowest BCUT2D eigenvalue weighted by Crippen LogP contribution is -2.58. The maximum Gasteiger partial charge on any atom is 0.500 e. The molecule has 0 aromatic rings. The second-order valence-electron chi connectivity index (χ2n) is 8.57. The van der Waals surface area contributed by atoms with E-state index in [-0.39, 0.29) is 11.9 Å². The van der Waals surface area contributed by atoms with Gasteiger partial charge in [0.2, 0.25) is 0 Å². The Balaban J connectivity index is 1.86. The van der Waals surface area contributed by atoms with Gasteiger partial charge in [-0.1, -0.05) is 0 Å². The third-order valence-electron chi connectivity index (χ3n) is 5.65. The first-order valence-electron chi connectivity index (χ1n) is 11.1. The van der Waals surface area contributed by atoms with Gasteiger partial charge in [-0.15, -0.1) is 0 Å². The van der Waals surface area contributed by atoms with E-state index in [9.17, 15) is 4.79 Å². The summed E-state index contributed by atoms with van der Waals surface area (Å²) in [5, 5.41) is 0. The number of carbonyl (C=O) groups is 1. The van der Waals surface area contributed by atoms with Crippen LogP contribution >= 0.6 is 0 Å². The first kappa shape index (κ1) is 27.7. The number of ketones is 1. The predicted molar refractivity (Wildman–Crippen MR) is 128 cm³/mol. The van der Waals surface area contributed by atoms with Crippen LogP contribution in [0.15, 0.2) is 0 Å². The summed E-state index contributed by atoms with van der Waals surface area (Å²) in [6, 6.07) is 2.31. The molecule has 2 rings (SSSR count). The second-order valence-corrected chi connectivity index (χ2v) is 23.2. The van der Waals surface area contributed by atoms with Crippen LogP contribution in [0.25, 0.3) is 0 Å². The van der Waals surface area contributed by atoms with Crippen LogP contribution in [0.2, 0.25) is 44.3 Å². The van der Waals surface area contributed by atoms with Crippen molar-refractivity contribution < 1.29 is 39.3 Å². The van der Waals surface area contributed by atoms with E-state index in [0.717, 1.165) is 31.5 Å². The van der Waals surface area contributed by atoms with E-state index in [2.05, 4.69) is 26.2 Å². The third-order valence-corrected chi connectivity index (χ3v) is 24.3. The average Bonchev–Trinajstić information content (AvgIpc) is 3.47. The molecule has 0 aliphatic carbocycles. The van der Waals surface area contributed by atoms with Crippen molar-refractivity contribution in [1.29, 1.82) is 0 Å². The van der Waals surface area contributed by atoms with Crippen molar-refractivity contribution in [2.24, 2.45) is 0 Å². The second kappa shape index (κ2) is 12.2. The molecule has 0 spiro atoms. The fourth-order valence-corrected chi connectivity index (χ4v) is 23.6. The molecule has 182 valence electrons. The molecule has 2 aliphatic heterocycles. The van der Waals surface area contributed by atoms with Crippen LogP contribution in [-0.4, -0.2) is 84.3 Å². The molecule has 3 atom stereocenters. The predicted octanol–water partition coefficient (Wildman–Crippen LogP) is 2.32. The summed E-state index contributed by atoms with van der Waals surface area (Å²) >= 11 is 0. The highest BCUT2D eigenvalue weighted by atomic mass is 28.5. The van der Waals surface area contributed by atoms with Crippen LogP contribution in [0, 0.1) is 0 Å². The number of ether oxygens (including phenoxy) is 1. The number of Topliss-reactive ketones (excluding diaryl/α,β-unsaturated/α-hetero) is 1. The van der Waals surface area contributed by atoms with Crippen molar-refractivity contribution in [2.75, 3.05) is 27.9 Å². The highest BCUT2D eigenvalue weighted by Crippen LogP contribution is 2.29. The first-order chi connectivity index (χ1) is 14.6. The average molecular weight is 529 g/mol. The molecule has 0 radical (unpaired) electrons. The van der Waals surface area contributed by atoms with Gasteiger partial charge in [-0.25, -0.2) is 0 Å². The fourth-order valence-electron chi connectivity index (χ4n) is 4.07. The lowest BCUT2D eigenvalue weighted by atomic mass is 10.1. The van der Waals surface area contributed by atoms with Gasteiger partial charge in [-0.2, -0.15) is 0 Å². The largest absolute Gasteiger partial charge is 0.500 e. The molecule has 0 N–H and O–H groups in total. The van der Waals surface area contributed by atoms with E-state index in [4.69, 9.17) is 34.5 Å². The Morgan fingerprint density at radius 2 is 1.39 bits per heavy atom. The smallest absolute Gasteiger partial charge is 0.418 e. The molecule has 2 fully saturated rings. The molecule has 0 bridgehead atoms. The van der Waals surface area contributed by atoms with E-state index < -0.39 is 44.5 Å². The van der Waals surface area contributed by atoms with Crippen LogP contribution < -0.4 is 0 Å². The van der Waals surface area contributed by atoms with Gasteiger partial charge in [-0.3, -0.25) is 4.79 Å². The fraction of sp³-hybridized carbons (Fsp3) is 0.941. The van der Waals surface area contributed by atoms with E-state index in [1.54, 1.807) is 21.3 Å². The summed E-state index contributed by atoms with van der Waals surface area (Å²) in [4.78, 5) is 12.0. The Labute approximate surface area is 193 Å². The van der Waals surface area contributed by atoms with Gasteiger partial charge in [0, 0.05) is 40.2 Å². The molecule has 0 aromatic carbocycles. The summed E-state index contributed by atoms with van der Waals surface area (Å²) in [5.41, 5.74) is 0. The van der Waals surface area contributed by atoms with Crippen molar-refractivity contribution in [3.05, 3.63) is 0 Å². The standard InChI is InChI=1S/C17H40O9Si5/c1-19-31(20-2,21-3)13-9-12-30(7)25-27(4)23-29(6,24-28(5)26-30)11-8-10-16(18)14-17-15-22-17/h17,27-28H,8-15H2,1-7H3. The monoisotopic (exact) mass is 528 g/mol. The highest BCUT2D eigenvalue weighted by molar-refractivity contribution is 6.85. The summed E-state index contributed by atoms with van der Waals surface area (Å²) < 4.78 is 47.6. The van der Waals surface area contributed by atoms with Gasteiger partial charge in [-0.05, 0) is 51.1 Å². The van der Waals surface area contributed by atoms with Crippen LogP contribution in [0.4, 0.5) is 0 Å². The van der Waals surface area contributed by atoms with Gasteiger partial charge in [0.1, 0.15) is 5.78 Å². The zero-order chi connectivity index (χ0) is 23.1. The minimum Gasteiger partial charge on any atom is -0.418 e. The minimum absolute atomic E-state index is 0.156. The van der Waals surface area contributed by atoms with E-state index >= 15 is 0 Å². The van der Waals surface area contributed by atoms with E-state index in [1.165, 1.54) is 0 Å². The van der Waals surface area contributed by atoms with Crippen molar-refractivity contribution >= 4 is 50.3 Å². The van der Waals surface area contributed by atoms with Crippen LogP contribution in [0.3, 0.4) is 0 Å². The van der Waals surface area contributed by atoms with E-state index in [1.807, 2.05) is 0 Å². The molecule has 2 saturated heterocycles. The molecule has 2 heterocycles. The lowest BCUT2D eigenvalue weighted by molar-refractivity contribution is -0.119. The molecule has 3 unspecified atom stereocenters. The summed E-state index contributed by atoms with van der Waals surface area (Å²) in [7, 11) is -6.40. The zero-order valence-corrected chi connectivity index (χ0v) is 25.4. The minimum atomic E-state index is -2.60. The van der Waals surface area contributed by atoms with Crippen LogP contribution in [-0.2, 0) is 39.3 Å². The zero-order valence-electron chi connectivity index (χ0n) is 20.1. The first-order valence-corrected chi connectivity index (χ1v) is 22.2. The maximum atomic E-state index is 12.0. The number of carbonyl (C=O) groups excluding carboxylic acids is 1. The third kappa shape index (κ3) is 9.30. The molecule has 9 nitrogen and oxygen atoms in total. The van der Waals surface area contributed by atoms with Crippen LogP contribution in [0.5, 0.6) is 0 Å². The van der Waals surface area contributed by atoms with Crippen molar-refractivity contribution in [1.82, 2.24) is 0 Å². The Bertz CT molecular complexity index is 554. The Morgan fingerprint density at radius 3 is 1.81 bits per heavy atom. The molecular formula is C17H40O9Si5. The van der Waals surface area contributed by atoms with Crippen molar-refractivity contribution in [2.45, 2.75) is 76.1 Å². The topological polar surface area (TPSA) is 94.2 Å². The van der Waals surface area contributed by atoms with Crippen molar-refractivity contribution in [3.63, 3.8) is 0 Å². The van der Waals surface area contributed by atoms with E-state index in [0.29, 0.717) is 18.9 Å². The molecular weight excluding hydrogens is 489 g/mol. The van der Waals surface area contributed by atoms with Crippen molar-refractivity contribution in [3.8, 4) is 0 Å². The number of rotatable bonds is 13. The Morgan fingerprint density at radius 1 is 0.935 bits per heavy atom. The highest BCUT2D eigenvalue weighted by Gasteiger charge is 2.46. The molecule has 2 aliphatic rings. The Kier molecular flexibility index (Phi) is 10.9. The molecule has 0 saturated carbocycles. The van der Waals surface area contributed by atoms with Gasteiger partial charge in [0.15, 0.2) is 0 Å². The van der Waals surface area contributed by atoms with Gasteiger partial charge < -0.3 is 34.5 Å². The summed E-state index contributed by atoms with van der Waals surface area (Å²) in [6.07, 6.45) is 2.87. The molecule has 31 heavy (non-hydrogen) atoms.